The molecule has 0 unspecified atom stereocenters. The van der Waals surface area contributed by atoms with Gasteiger partial charge in [-0.2, -0.15) is 0 Å². The maximum Gasteiger partial charge on any atom is 0.231 e. The van der Waals surface area contributed by atoms with Gasteiger partial charge in [-0.25, -0.2) is 0 Å². The van der Waals surface area contributed by atoms with Gasteiger partial charge < -0.3 is 14.6 Å². The number of aliphatic hydroxyl groups is 1. The fraction of sp³-hybridized carbons (Fsp3) is 0.429. The third kappa shape index (κ3) is 3.24. The number of fused-ring (bicyclic) bond motifs is 1. The van der Waals surface area contributed by atoms with Crippen LogP contribution in [0.2, 0.25) is 0 Å². The fourth-order valence-corrected chi connectivity index (χ4v) is 4.00. The SMILES string of the molecule is Cc1cccc(C)c1CN1CC[C@@H](c2ccc3c(c2)OCO3)[C@H](O)C1. The topological polar surface area (TPSA) is 41.9 Å². The predicted molar refractivity (Wildman–Crippen MR) is 97.1 cm³/mol. The number of aryl methyl sites for hydroxylation is 2. The molecule has 0 aromatic heterocycles. The highest BCUT2D eigenvalue weighted by atomic mass is 16.7. The van der Waals surface area contributed by atoms with Gasteiger partial charge in [0, 0.05) is 19.0 Å². The van der Waals surface area contributed by atoms with Crippen molar-refractivity contribution in [1.82, 2.24) is 4.90 Å². The third-order valence-corrected chi connectivity index (χ3v) is 5.52. The number of hydrogen-bond acceptors (Lipinski definition) is 4. The van der Waals surface area contributed by atoms with Gasteiger partial charge in [-0.3, -0.25) is 4.90 Å². The van der Waals surface area contributed by atoms with Gasteiger partial charge in [0.05, 0.1) is 6.10 Å². The molecule has 0 spiro atoms. The average Bonchev–Trinajstić information content (AvgIpc) is 3.06. The summed E-state index contributed by atoms with van der Waals surface area (Å²) in [5.41, 5.74) is 5.18. The monoisotopic (exact) mass is 339 g/mol. The molecule has 0 aliphatic carbocycles. The van der Waals surface area contributed by atoms with E-state index < -0.39 is 0 Å². The Morgan fingerprint density at radius 3 is 2.60 bits per heavy atom. The Morgan fingerprint density at radius 2 is 1.84 bits per heavy atom. The van der Waals surface area contributed by atoms with Crippen LogP contribution >= 0.6 is 0 Å². The molecule has 0 bridgehead atoms. The molecule has 2 aliphatic heterocycles. The van der Waals surface area contributed by atoms with Crippen LogP contribution in [0.15, 0.2) is 36.4 Å². The second-order valence-electron chi connectivity index (χ2n) is 7.18. The van der Waals surface area contributed by atoms with Crippen LogP contribution in [-0.2, 0) is 6.54 Å². The van der Waals surface area contributed by atoms with Crippen molar-refractivity contribution in [3.05, 3.63) is 58.7 Å². The van der Waals surface area contributed by atoms with E-state index in [4.69, 9.17) is 9.47 Å². The highest BCUT2D eigenvalue weighted by Crippen LogP contribution is 2.37. The Morgan fingerprint density at radius 1 is 1.08 bits per heavy atom. The normalized spacial score (nSPS) is 23.0. The van der Waals surface area contributed by atoms with Gasteiger partial charge in [0.1, 0.15) is 0 Å². The van der Waals surface area contributed by atoms with E-state index in [1.807, 2.05) is 12.1 Å². The Balaban J connectivity index is 1.45. The summed E-state index contributed by atoms with van der Waals surface area (Å²) in [5, 5.41) is 10.7. The average molecular weight is 339 g/mol. The zero-order valence-electron chi connectivity index (χ0n) is 14.9. The standard InChI is InChI=1S/C21H25NO3/c1-14-4-3-5-15(2)18(14)11-22-9-8-17(19(23)12-22)16-6-7-20-21(10-16)25-13-24-20/h3-7,10,17,19,23H,8-9,11-13H2,1-2H3/t17-,19+/m0/s1. The van der Waals surface area contributed by atoms with Gasteiger partial charge in [-0.15, -0.1) is 0 Å². The molecule has 4 rings (SSSR count). The first-order valence-corrected chi connectivity index (χ1v) is 8.97. The number of aliphatic hydroxyl groups excluding tert-OH is 1. The first-order valence-electron chi connectivity index (χ1n) is 8.97. The molecule has 2 aromatic rings. The zero-order valence-corrected chi connectivity index (χ0v) is 14.9. The van der Waals surface area contributed by atoms with E-state index in [2.05, 4.69) is 43.0 Å². The van der Waals surface area contributed by atoms with E-state index >= 15 is 0 Å². The summed E-state index contributed by atoms with van der Waals surface area (Å²) in [6.07, 6.45) is 0.588. The van der Waals surface area contributed by atoms with E-state index in [9.17, 15) is 5.11 Å². The highest BCUT2D eigenvalue weighted by Gasteiger charge is 2.30. The van der Waals surface area contributed by atoms with Gasteiger partial charge in [0.15, 0.2) is 11.5 Å². The molecule has 2 aromatic carbocycles. The molecule has 0 radical (unpaired) electrons. The number of hydrogen-bond donors (Lipinski definition) is 1. The van der Waals surface area contributed by atoms with E-state index in [1.165, 1.54) is 16.7 Å². The van der Waals surface area contributed by atoms with Crippen molar-refractivity contribution in [3.63, 3.8) is 0 Å². The molecular formula is C21H25NO3. The highest BCUT2D eigenvalue weighted by molar-refractivity contribution is 5.45. The zero-order chi connectivity index (χ0) is 17.4. The molecule has 0 amide bonds. The summed E-state index contributed by atoms with van der Waals surface area (Å²) in [4.78, 5) is 2.36. The Labute approximate surface area is 149 Å². The number of β-amino-alcohol motifs (C(OH)–C–C–N with tert-alkyl or cyclic N) is 1. The van der Waals surface area contributed by atoms with Crippen LogP contribution in [0.4, 0.5) is 0 Å². The van der Waals surface area contributed by atoms with Crippen molar-refractivity contribution in [3.8, 4) is 11.5 Å². The summed E-state index contributed by atoms with van der Waals surface area (Å²) in [6, 6.07) is 12.5. The molecule has 1 fully saturated rings. The predicted octanol–water partition coefficient (Wildman–Crippen LogP) is 3.38. The van der Waals surface area contributed by atoms with Crippen LogP contribution in [0.5, 0.6) is 11.5 Å². The minimum atomic E-state index is -0.363. The molecule has 132 valence electrons. The minimum Gasteiger partial charge on any atom is -0.454 e. The Hall–Kier alpha value is -2.04. The minimum absolute atomic E-state index is 0.156. The molecular weight excluding hydrogens is 314 g/mol. The second-order valence-corrected chi connectivity index (χ2v) is 7.18. The van der Waals surface area contributed by atoms with Crippen molar-refractivity contribution in [2.45, 2.75) is 38.8 Å². The molecule has 1 saturated heterocycles. The lowest BCUT2D eigenvalue weighted by Gasteiger charge is -2.36. The maximum absolute atomic E-state index is 10.7. The quantitative estimate of drug-likeness (QED) is 0.931. The molecule has 25 heavy (non-hydrogen) atoms. The van der Waals surface area contributed by atoms with E-state index in [1.54, 1.807) is 0 Å². The molecule has 0 saturated carbocycles. The molecule has 4 nitrogen and oxygen atoms in total. The van der Waals surface area contributed by atoms with Crippen LogP contribution in [-0.4, -0.2) is 36.0 Å². The van der Waals surface area contributed by atoms with E-state index in [0.29, 0.717) is 6.54 Å². The smallest absolute Gasteiger partial charge is 0.231 e. The number of rotatable bonds is 3. The van der Waals surface area contributed by atoms with Crippen LogP contribution in [0.25, 0.3) is 0 Å². The van der Waals surface area contributed by atoms with Gasteiger partial charge in [-0.05, 0) is 61.2 Å². The molecule has 4 heteroatoms. The van der Waals surface area contributed by atoms with Crippen molar-refractivity contribution >= 4 is 0 Å². The largest absolute Gasteiger partial charge is 0.454 e. The maximum atomic E-state index is 10.7. The molecule has 2 atom stereocenters. The summed E-state index contributed by atoms with van der Waals surface area (Å²) in [5.74, 6) is 1.75. The molecule has 2 heterocycles. The second kappa shape index (κ2) is 6.70. The summed E-state index contributed by atoms with van der Waals surface area (Å²) in [7, 11) is 0. The van der Waals surface area contributed by atoms with E-state index in [-0.39, 0.29) is 18.8 Å². The van der Waals surface area contributed by atoms with Crippen molar-refractivity contribution in [1.29, 1.82) is 0 Å². The van der Waals surface area contributed by atoms with Crippen LogP contribution < -0.4 is 9.47 Å². The Kier molecular flexibility index (Phi) is 4.40. The summed E-state index contributed by atoms with van der Waals surface area (Å²) < 4.78 is 10.9. The van der Waals surface area contributed by atoms with E-state index in [0.717, 1.165) is 36.6 Å². The van der Waals surface area contributed by atoms with Crippen LogP contribution in [0, 0.1) is 13.8 Å². The number of piperidine rings is 1. The lowest BCUT2D eigenvalue weighted by molar-refractivity contribution is 0.0474. The number of nitrogens with zero attached hydrogens (tertiary/aromatic N) is 1. The van der Waals surface area contributed by atoms with Gasteiger partial charge >= 0.3 is 0 Å². The summed E-state index contributed by atoms with van der Waals surface area (Å²) in [6.45, 7) is 7.21. The number of ether oxygens (including phenoxy) is 2. The van der Waals surface area contributed by atoms with Crippen LogP contribution in [0.3, 0.4) is 0 Å². The molecule has 1 N–H and O–H groups in total. The first-order chi connectivity index (χ1) is 12.1. The molecule has 2 aliphatic rings. The van der Waals surface area contributed by atoms with Gasteiger partial charge in [0.2, 0.25) is 6.79 Å². The van der Waals surface area contributed by atoms with Crippen LogP contribution in [0.1, 0.15) is 34.6 Å². The van der Waals surface area contributed by atoms with Gasteiger partial charge in [0.25, 0.3) is 0 Å². The lowest BCUT2D eigenvalue weighted by atomic mass is 9.86. The summed E-state index contributed by atoms with van der Waals surface area (Å²) >= 11 is 0. The number of benzene rings is 2. The van der Waals surface area contributed by atoms with Gasteiger partial charge in [-0.1, -0.05) is 24.3 Å². The third-order valence-electron chi connectivity index (χ3n) is 5.52. The fourth-order valence-electron chi connectivity index (χ4n) is 4.00. The first kappa shape index (κ1) is 16.4. The Bertz CT molecular complexity index is 753. The lowest BCUT2D eigenvalue weighted by Crippen LogP contribution is -2.42. The van der Waals surface area contributed by atoms with Crippen molar-refractivity contribution in [2.75, 3.05) is 19.9 Å². The van der Waals surface area contributed by atoms with Crippen molar-refractivity contribution < 1.29 is 14.6 Å². The van der Waals surface area contributed by atoms with Crippen molar-refractivity contribution in [2.24, 2.45) is 0 Å². The number of likely N-dealkylation sites (tertiary alicyclic amines) is 1.